The van der Waals surface area contributed by atoms with Crippen LogP contribution in [0, 0.1) is 6.92 Å². The van der Waals surface area contributed by atoms with Crippen LogP contribution in [-0.2, 0) is 6.54 Å². The van der Waals surface area contributed by atoms with Gasteiger partial charge in [0.2, 0.25) is 0 Å². The summed E-state index contributed by atoms with van der Waals surface area (Å²) >= 11 is 0. The summed E-state index contributed by atoms with van der Waals surface area (Å²) in [6.45, 7) is 6.50. The third kappa shape index (κ3) is 1.47. The van der Waals surface area contributed by atoms with Crippen LogP contribution in [0.1, 0.15) is 25.1 Å². The van der Waals surface area contributed by atoms with E-state index in [-0.39, 0.29) is 0 Å². The first-order valence-electron chi connectivity index (χ1n) is 3.92. The number of hydrogen-bond donors (Lipinski definition) is 1. The Hall–Kier alpha value is -1.32. The molecule has 66 valence electrons. The fourth-order valence-corrected chi connectivity index (χ4v) is 1.09. The van der Waals surface area contributed by atoms with Gasteiger partial charge >= 0.3 is 0 Å². The van der Waals surface area contributed by atoms with Crippen LogP contribution in [0.25, 0.3) is 0 Å². The largest absolute Gasteiger partial charge is 0.411 e. The smallest absolute Gasteiger partial charge is 0.0871 e. The maximum absolute atomic E-state index is 8.55. The summed E-state index contributed by atoms with van der Waals surface area (Å²) < 4.78 is 1.82. The van der Waals surface area contributed by atoms with Crippen LogP contribution in [0.15, 0.2) is 11.4 Å². The second-order valence-corrected chi connectivity index (χ2v) is 2.67. The van der Waals surface area contributed by atoms with Crippen molar-refractivity contribution in [3.8, 4) is 0 Å². The predicted molar refractivity (Wildman–Crippen MR) is 46.6 cm³/mol. The quantitative estimate of drug-likeness (QED) is 0.411. The Labute approximate surface area is 71.5 Å². The van der Waals surface area contributed by atoms with Crippen LogP contribution >= 0.6 is 0 Å². The van der Waals surface area contributed by atoms with Crippen molar-refractivity contribution in [2.75, 3.05) is 0 Å². The number of aryl methyl sites for hydroxylation is 2. The van der Waals surface area contributed by atoms with Gasteiger partial charge < -0.3 is 5.21 Å². The SMILES string of the molecule is CCn1cc(/C(C)=N/O)c(C)n1. The van der Waals surface area contributed by atoms with E-state index in [1.165, 1.54) is 0 Å². The molecular weight excluding hydrogens is 154 g/mol. The van der Waals surface area contributed by atoms with Gasteiger partial charge in [0.15, 0.2) is 0 Å². The zero-order chi connectivity index (χ0) is 9.14. The van der Waals surface area contributed by atoms with Gasteiger partial charge in [0, 0.05) is 18.3 Å². The van der Waals surface area contributed by atoms with Crippen molar-refractivity contribution < 1.29 is 5.21 Å². The molecule has 0 atom stereocenters. The molecule has 0 saturated heterocycles. The minimum absolute atomic E-state index is 0.604. The summed E-state index contributed by atoms with van der Waals surface area (Å²) in [7, 11) is 0. The lowest BCUT2D eigenvalue weighted by atomic mass is 10.2. The Morgan fingerprint density at radius 1 is 1.75 bits per heavy atom. The molecular formula is C8H13N3O. The monoisotopic (exact) mass is 167 g/mol. The topological polar surface area (TPSA) is 50.4 Å². The summed E-state index contributed by atoms with van der Waals surface area (Å²) in [6, 6.07) is 0. The van der Waals surface area contributed by atoms with Crippen molar-refractivity contribution in [2.45, 2.75) is 27.3 Å². The molecule has 12 heavy (non-hydrogen) atoms. The molecule has 0 fully saturated rings. The summed E-state index contributed by atoms with van der Waals surface area (Å²) in [5.74, 6) is 0. The Kier molecular flexibility index (Phi) is 2.47. The summed E-state index contributed by atoms with van der Waals surface area (Å²) in [6.07, 6.45) is 1.88. The number of nitrogens with zero attached hydrogens (tertiary/aromatic N) is 3. The van der Waals surface area contributed by atoms with Gasteiger partial charge in [0.1, 0.15) is 0 Å². The fourth-order valence-electron chi connectivity index (χ4n) is 1.09. The van der Waals surface area contributed by atoms with Crippen molar-refractivity contribution in [2.24, 2.45) is 5.16 Å². The zero-order valence-corrected chi connectivity index (χ0v) is 7.57. The molecule has 4 nitrogen and oxygen atoms in total. The first-order chi connectivity index (χ1) is 5.69. The number of aromatic nitrogens is 2. The minimum Gasteiger partial charge on any atom is -0.411 e. The van der Waals surface area contributed by atoms with Gasteiger partial charge in [-0.1, -0.05) is 5.16 Å². The molecule has 1 heterocycles. The molecule has 1 aromatic heterocycles. The Morgan fingerprint density at radius 3 is 2.83 bits per heavy atom. The van der Waals surface area contributed by atoms with Crippen LogP contribution in [0.2, 0.25) is 0 Å². The first kappa shape index (κ1) is 8.77. The Balaban J connectivity index is 3.08. The maximum Gasteiger partial charge on any atom is 0.0871 e. The van der Waals surface area contributed by atoms with E-state index in [0.717, 1.165) is 17.8 Å². The molecule has 0 spiro atoms. The van der Waals surface area contributed by atoms with E-state index in [0.29, 0.717) is 5.71 Å². The van der Waals surface area contributed by atoms with Gasteiger partial charge in [0.05, 0.1) is 11.4 Å². The highest BCUT2D eigenvalue weighted by atomic mass is 16.4. The minimum atomic E-state index is 0.604. The maximum atomic E-state index is 8.55. The number of hydrogen-bond acceptors (Lipinski definition) is 3. The highest BCUT2D eigenvalue weighted by molar-refractivity contribution is 5.98. The van der Waals surface area contributed by atoms with Gasteiger partial charge in [-0.05, 0) is 20.8 Å². The fraction of sp³-hybridized carbons (Fsp3) is 0.500. The summed E-state index contributed by atoms with van der Waals surface area (Å²) in [5, 5.41) is 15.9. The van der Waals surface area contributed by atoms with E-state index in [2.05, 4.69) is 10.3 Å². The van der Waals surface area contributed by atoms with Crippen LogP contribution in [0.4, 0.5) is 0 Å². The van der Waals surface area contributed by atoms with E-state index in [1.807, 2.05) is 24.7 Å². The molecule has 0 aromatic carbocycles. The van der Waals surface area contributed by atoms with Gasteiger partial charge in [-0.2, -0.15) is 5.10 Å². The normalized spacial score (nSPS) is 12.1. The lowest BCUT2D eigenvalue weighted by Crippen LogP contribution is -1.94. The number of rotatable bonds is 2. The lowest BCUT2D eigenvalue weighted by molar-refractivity contribution is 0.319. The summed E-state index contributed by atoms with van der Waals surface area (Å²) in [5.41, 5.74) is 2.40. The van der Waals surface area contributed by atoms with Gasteiger partial charge in [-0.3, -0.25) is 4.68 Å². The average molecular weight is 167 g/mol. The van der Waals surface area contributed by atoms with Crippen molar-refractivity contribution in [1.29, 1.82) is 0 Å². The highest BCUT2D eigenvalue weighted by Gasteiger charge is 2.06. The van der Waals surface area contributed by atoms with Crippen molar-refractivity contribution in [3.05, 3.63) is 17.5 Å². The molecule has 4 heteroatoms. The molecule has 0 unspecified atom stereocenters. The number of oxime groups is 1. The Bertz CT molecular complexity index is 301. The van der Waals surface area contributed by atoms with E-state index >= 15 is 0 Å². The third-order valence-electron chi connectivity index (χ3n) is 1.81. The molecule has 1 aromatic rings. The predicted octanol–water partition coefficient (Wildman–Crippen LogP) is 1.41. The summed E-state index contributed by atoms with van der Waals surface area (Å²) in [4.78, 5) is 0. The lowest BCUT2D eigenvalue weighted by Gasteiger charge is -1.91. The van der Waals surface area contributed by atoms with Crippen molar-refractivity contribution >= 4 is 5.71 Å². The molecule has 0 aliphatic rings. The highest BCUT2D eigenvalue weighted by Crippen LogP contribution is 2.06. The van der Waals surface area contributed by atoms with Crippen molar-refractivity contribution in [1.82, 2.24) is 9.78 Å². The van der Waals surface area contributed by atoms with Gasteiger partial charge in [-0.25, -0.2) is 0 Å². The standard InChI is InChI=1S/C8H13N3O/c1-4-11-5-8(6(2)9-11)7(3)10-12/h5,12H,4H2,1-3H3/b10-7+. The molecule has 0 radical (unpaired) electrons. The molecule has 0 bridgehead atoms. The van der Waals surface area contributed by atoms with Gasteiger partial charge in [-0.15, -0.1) is 0 Å². The van der Waals surface area contributed by atoms with Crippen LogP contribution in [0.3, 0.4) is 0 Å². The van der Waals surface area contributed by atoms with Crippen LogP contribution < -0.4 is 0 Å². The van der Waals surface area contributed by atoms with E-state index in [4.69, 9.17) is 5.21 Å². The molecule has 0 aliphatic carbocycles. The first-order valence-corrected chi connectivity index (χ1v) is 3.92. The van der Waals surface area contributed by atoms with E-state index < -0.39 is 0 Å². The molecule has 0 aliphatic heterocycles. The van der Waals surface area contributed by atoms with E-state index in [1.54, 1.807) is 6.92 Å². The molecule has 0 saturated carbocycles. The van der Waals surface area contributed by atoms with Crippen molar-refractivity contribution in [3.63, 3.8) is 0 Å². The molecule has 1 N–H and O–H groups in total. The second-order valence-electron chi connectivity index (χ2n) is 2.67. The third-order valence-corrected chi connectivity index (χ3v) is 1.81. The van der Waals surface area contributed by atoms with Gasteiger partial charge in [0.25, 0.3) is 0 Å². The average Bonchev–Trinajstić information content (AvgIpc) is 2.45. The van der Waals surface area contributed by atoms with Crippen LogP contribution in [0.5, 0.6) is 0 Å². The second kappa shape index (κ2) is 3.38. The zero-order valence-electron chi connectivity index (χ0n) is 7.57. The van der Waals surface area contributed by atoms with E-state index in [9.17, 15) is 0 Å². The molecule has 0 amide bonds. The molecule has 1 rings (SSSR count). The Morgan fingerprint density at radius 2 is 2.42 bits per heavy atom. The van der Waals surface area contributed by atoms with Crippen LogP contribution in [-0.4, -0.2) is 20.7 Å².